The molecule has 0 aromatic carbocycles. The SMILES string of the molecule is CSc1nc(-c2ccco2)nc(C)c1C(=O)NNC(=O)c1cccn1C. The van der Waals surface area contributed by atoms with Crippen LogP contribution in [0.25, 0.3) is 11.6 Å². The molecule has 3 aromatic rings. The second-order valence-corrected chi connectivity index (χ2v) is 6.20. The largest absolute Gasteiger partial charge is 0.461 e. The molecule has 2 N–H and O–H groups in total. The summed E-state index contributed by atoms with van der Waals surface area (Å²) >= 11 is 1.31. The van der Waals surface area contributed by atoms with Crippen molar-refractivity contribution in [2.45, 2.75) is 11.9 Å². The number of thioether (sulfide) groups is 1. The van der Waals surface area contributed by atoms with E-state index in [0.717, 1.165) is 0 Å². The third kappa shape index (κ3) is 3.47. The number of nitrogens with one attached hydrogen (secondary N) is 2. The van der Waals surface area contributed by atoms with E-state index < -0.39 is 11.8 Å². The normalized spacial score (nSPS) is 10.6. The van der Waals surface area contributed by atoms with Gasteiger partial charge >= 0.3 is 0 Å². The van der Waals surface area contributed by atoms with Gasteiger partial charge in [0.2, 0.25) is 0 Å². The predicted octanol–water partition coefficient (Wildman–Crippen LogP) is 2.18. The Morgan fingerprint density at radius 2 is 1.92 bits per heavy atom. The number of hydrogen-bond acceptors (Lipinski definition) is 6. The summed E-state index contributed by atoms with van der Waals surface area (Å²) in [6.45, 7) is 1.71. The fraction of sp³-hybridized carbons (Fsp3) is 0.176. The summed E-state index contributed by atoms with van der Waals surface area (Å²) in [6, 6.07) is 6.89. The molecule has 0 aliphatic heterocycles. The van der Waals surface area contributed by atoms with E-state index in [9.17, 15) is 9.59 Å². The van der Waals surface area contributed by atoms with Crippen molar-refractivity contribution in [2.24, 2.45) is 7.05 Å². The number of hydrazine groups is 1. The number of aromatic nitrogens is 3. The van der Waals surface area contributed by atoms with Crippen molar-refractivity contribution in [3.8, 4) is 11.6 Å². The lowest BCUT2D eigenvalue weighted by molar-refractivity contribution is 0.0839. The van der Waals surface area contributed by atoms with Crippen LogP contribution in [0.15, 0.2) is 46.2 Å². The van der Waals surface area contributed by atoms with Gasteiger partial charge in [0, 0.05) is 13.2 Å². The minimum Gasteiger partial charge on any atom is -0.461 e. The van der Waals surface area contributed by atoms with Crippen LogP contribution in [-0.2, 0) is 7.05 Å². The van der Waals surface area contributed by atoms with Gasteiger partial charge in [0.1, 0.15) is 10.7 Å². The van der Waals surface area contributed by atoms with Crippen LogP contribution in [0, 0.1) is 6.92 Å². The Morgan fingerprint density at radius 3 is 2.54 bits per heavy atom. The van der Waals surface area contributed by atoms with E-state index in [4.69, 9.17) is 4.42 Å². The van der Waals surface area contributed by atoms with Gasteiger partial charge < -0.3 is 8.98 Å². The molecule has 0 radical (unpaired) electrons. The maximum absolute atomic E-state index is 12.6. The molecular formula is C17H17N5O3S. The minimum atomic E-state index is -0.486. The first-order valence-corrected chi connectivity index (χ1v) is 8.92. The summed E-state index contributed by atoms with van der Waals surface area (Å²) in [5.74, 6) is 0.0244. The Hall–Kier alpha value is -3.07. The third-order valence-electron chi connectivity index (χ3n) is 3.68. The summed E-state index contributed by atoms with van der Waals surface area (Å²) in [4.78, 5) is 33.4. The number of carbonyl (C=O) groups excluding carboxylic acids is 2. The van der Waals surface area contributed by atoms with Gasteiger partial charge in [0.05, 0.1) is 17.5 Å². The van der Waals surface area contributed by atoms with Crippen molar-refractivity contribution in [2.75, 3.05) is 6.26 Å². The van der Waals surface area contributed by atoms with Crippen LogP contribution in [0.2, 0.25) is 0 Å². The molecule has 134 valence electrons. The molecule has 2 amide bonds. The quantitative estimate of drug-likeness (QED) is 0.414. The number of furan rings is 1. The van der Waals surface area contributed by atoms with E-state index in [2.05, 4.69) is 20.8 Å². The molecule has 0 fully saturated rings. The van der Waals surface area contributed by atoms with Crippen LogP contribution in [0.3, 0.4) is 0 Å². The molecule has 0 aliphatic carbocycles. The van der Waals surface area contributed by atoms with E-state index in [1.165, 1.54) is 18.0 Å². The van der Waals surface area contributed by atoms with Crippen LogP contribution in [0.5, 0.6) is 0 Å². The zero-order chi connectivity index (χ0) is 18.7. The predicted molar refractivity (Wildman–Crippen MR) is 96.6 cm³/mol. The van der Waals surface area contributed by atoms with Crippen molar-refractivity contribution in [3.05, 3.63) is 53.7 Å². The molecule has 0 atom stereocenters. The number of amides is 2. The number of hydrogen-bond donors (Lipinski definition) is 2. The van der Waals surface area contributed by atoms with E-state index in [1.807, 2.05) is 6.26 Å². The molecular weight excluding hydrogens is 354 g/mol. The molecule has 8 nitrogen and oxygen atoms in total. The first-order chi connectivity index (χ1) is 12.5. The lowest BCUT2D eigenvalue weighted by Crippen LogP contribution is -2.42. The molecule has 9 heteroatoms. The fourth-order valence-corrected chi connectivity index (χ4v) is 3.03. The maximum Gasteiger partial charge on any atom is 0.286 e. The van der Waals surface area contributed by atoms with Gasteiger partial charge in [0.25, 0.3) is 11.8 Å². The average Bonchev–Trinajstić information content (AvgIpc) is 3.30. The highest BCUT2D eigenvalue weighted by molar-refractivity contribution is 7.98. The van der Waals surface area contributed by atoms with Gasteiger partial charge in [-0.25, -0.2) is 9.97 Å². The van der Waals surface area contributed by atoms with Crippen molar-refractivity contribution in [3.63, 3.8) is 0 Å². The van der Waals surface area contributed by atoms with Crippen molar-refractivity contribution in [1.82, 2.24) is 25.4 Å². The van der Waals surface area contributed by atoms with Crippen molar-refractivity contribution < 1.29 is 14.0 Å². The fourth-order valence-electron chi connectivity index (χ4n) is 2.41. The summed E-state index contributed by atoms with van der Waals surface area (Å²) < 4.78 is 6.97. The van der Waals surface area contributed by atoms with Crippen molar-refractivity contribution in [1.29, 1.82) is 0 Å². The Labute approximate surface area is 154 Å². The van der Waals surface area contributed by atoms with Crippen LogP contribution in [0.1, 0.15) is 26.5 Å². The van der Waals surface area contributed by atoms with Crippen LogP contribution >= 0.6 is 11.8 Å². The number of rotatable bonds is 4. The first kappa shape index (κ1) is 17.7. The maximum atomic E-state index is 12.6. The zero-order valence-corrected chi connectivity index (χ0v) is 15.3. The molecule has 0 saturated heterocycles. The van der Waals surface area contributed by atoms with Gasteiger partial charge in [-0.05, 0) is 37.4 Å². The third-order valence-corrected chi connectivity index (χ3v) is 4.37. The minimum absolute atomic E-state index is 0.306. The lowest BCUT2D eigenvalue weighted by atomic mass is 10.2. The molecule has 3 heterocycles. The number of nitrogens with zero attached hydrogens (tertiary/aromatic N) is 3. The second kappa shape index (κ2) is 7.44. The molecule has 3 aromatic heterocycles. The highest BCUT2D eigenvalue weighted by atomic mass is 32.2. The first-order valence-electron chi connectivity index (χ1n) is 7.69. The monoisotopic (exact) mass is 371 g/mol. The smallest absolute Gasteiger partial charge is 0.286 e. The van der Waals surface area contributed by atoms with E-state index >= 15 is 0 Å². The van der Waals surface area contributed by atoms with Gasteiger partial charge in [0.15, 0.2) is 11.6 Å². The summed E-state index contributed by atoms with van der Waals surface area (Å²) in [5.41, 5.74) is 6.04. The van der Waals surface area contributed by atoms with Gasteiger partial charge in [-0.2, -0.15) is 0 Å². The summed E-state index contributed by atoms with van der Waals surface area (Å²) in [6.07, 6.45) is 5.09. The van der Waals surface area contributed by atoms with E-state index in [-0.39, 0.29) is 0 Å². The molecule has 0 bridgehead atoms. The topological polar surface area (TPSA) is 102 Å². The summed E-state index contributed by atoms with van der Waals surface area (Å²) in [7, 11) is 1.74. The van der Waals surface area contributed by atoms with Gasteiger partial charge in [-0.1, -0.05) is 0 Å². The Morgan fingerprint density at radius 1 is 1.15 bits per heavy atom. The molecule has 0 unspecified atom stereocenters. The standard InChI is InChI=1S/C17H17N5O3S/c1-10-13(16(24)21-20-15(23)11-6-4-8-22(11)2)17(26-3)19-14(18-10)12-7-5-9-25-12/h4-9H,1-3H3,(H,20,23)(H,21,24). The molecule has 26 heavy (non-hydrogen) atoms. The van der Waals surface area contributed by atoms with Gasteiger partial charge in [-0.15, -0.1) is 11.8 Å². The highest BCUT2D eigenvalue weighted by Gasteiger charge is 2.20. The number of aryl methyl sites for hydroxylation is 2. The molecule has 3 rings (SSSR count). The average molecular weight is 371 g/mol. The Bertz CT molecular complexity index is 949. The van der Waals surface area contributed by atoms with E-state index in [0.29, 0.717) is 33.6 Å². The van der Waals surface area contributed by atoms with Crippen molar-refractivity contribution >= 4 is 23.6 Å². The van der Waals surface area contributed by atoms with E-state index in [1.54, 1.807) is 49.0 Å². The molecule has 0 saturated carbocycles. The molecule has 0 spiro atoms. The Balaban J connectivity index is 1.80. The Kier molecular flexibility index (Phi) is 5.08. The van der Waals surface area contributed by atoms with Crippen LogP contribution in [-0.4, -0.2) is 32.6 Å². The highest BCUT2D eigenvalue weighted by Crippen LogP contribution is 2.24. The zero-order valence-electron chi connectivity index (χ0n) is 14.4. The summed E-state index contributed by atoms with van der Waals surface area (Å²) in [5, 5.41) is 0.495. The van der Waals surface area contributed by atoms with Crippen LogP contribution < -0.4 is 10.9 Å². The second-order valence-electron chi connectivity index (χ2n) is 5.41. The number of carbonyl (C=O) groups is 2. The van der Waals surface area contributed by atoms with Crippen LogP contribution in [0.4, 0.5) is 0 Å². The van der Waals surface area contributed by atoms with Gasteiger partial charge in [-0.3, -0.25) is 20.4 Å². The lowest BCUT2D eigenvalue weighted by Gasteiger charge is -2.12. The molecule has 0 aliphatic rings.